The van der Waals surface area contributed by atoms with E-state index in [1.807, 2.05) is 6.20 Å². The van der Waals surface area contributed by atoms with Gasteiger partial charge in [-0.05, 0) is 26.2 Å². The summed E-state index contributed by atoms with van der Waals surface area (Å²) in [4.78, 5) is 10.3. The second kappa shape index (κ2) is 11.4. The van der Waals surface area contributed by atoms with Gasteiger partial charge in [-0.2, -0.15) is 0 Å². The molecule has 1 aliphatic rings. The van der Waals surface area contributed by atoms with Crippen molar-refractivity contribution in [2.45, 2.75) is 39.7 Å². The van der Waals surface area contributed by atoms with Gasteiger partial charge in [0.15, 0.2) is 5.96 Å². The lowest BCUT2D eigenvalue weighted by molar-refractivity contribution is 0.0888. The van der Waals surface area contributed by atoms with E-state index in [1.165, 1.54) is 4.88 Å². The Bertz CT molecular complexity index is 487. The van der Waals surface area contributed by atoms with Crippen LogP contribution in [0.4, 0.5) is 0 Å². The van der Waals surface area contributed by atoms with E-state index in [2.05, 4.69) is 34.5 Å². The van der Waals surface area contributed by atoms with Crippen molar-refractivity contribution in [2.24, 2.45) is 10.9 Å². The van der Waals surface area contributed by atoms with Crippen LogP contribution in [-0.4, -0.2) is 50.5 Å². The number of hydrogen-bond donors (Lipinski definition) is 2. The summed E-state index contributed by atoms with van der Waals surface area (Å²) in [5.74, 6) is 1.43. The third-order valence-electron chi connectivity index (χ3n) is 3.80. The SMILES string of the molecule is CCNC(=NCc1ncc(CC)s1)NCCCOCC1CCOC1. The van der Waals surface area contributed by atoms with E-state index >= 15 is 0 Å². The summed E-state index contributed by atoms with van der Waals surface area (Å²) in [7, 11) is 0. The molecular formula is C17H30N4O2S. The molecule has 1 atom stereocenters. The van der Waals surface area contributed by atoms with Gasteiger partial charge in [0, 0.05) is 43.3 Å². The number of guanidine groups is 1. The Balaban J connectivity index is 1.61. The van der Waals surface area contributed by atoms with E-state index in [4.69, 9.17) is 9.47 Å². The summed E-state index contributed by atoms with van der Waals surface area (Å²) in [5.41, 5.74) is 0. The van der Waals surface area contributed by atoms with Gasteiger partial charge in [0.2, 0.25) is 0 Å². The van der Waals surface area contributed by atoms with Gasteiger partial charge in [-0.3, -0.25) is 0 Å². The minimum Gasteiger partial charge on any atom is -0.381 e. The number of rotatable bonds is 10. The third-order valence-corrected chi connectivity index (χ3v) is 4.93. The maximum atomic E-state index is 5.72. The Morgan fingerprint density at radius 3 is 3.08 bits per heavy atom. The summed E-state index contributed by atoms with van der Waals surface area (Å²) in [6.45, 7) is 9.87. The molecule has 0 bridgehead atoms. The van der Waals surface area contributed by atoms with Crippen LogP contribution in [0.25, 0.3) is 0 Å². The molecule has 0 amide bonds. The fourth-order valence-electron chi connectivity index (χ4n) is 2.42. The first-order chi connectivity index (χ1) is 11.8. The maximum Gasteiger partial charge on any atom is 0.191 e. The highest BCUT2D eigenvalue weighted by Gasteiger charge is 2.15. The van der Waals surface area contributed by atoms with E-state index in [0.29, 0.717) is 12.5 Å². The first-order valence-electron chi connectivity index (χ1n) is 8.93. The predicted octanol–water partition coefficient (Wildman–Crippen LogP) is 2.20. The second-order valence-electron chi connectivity index (χ2n) is 5.85. The zero-order valence-electron chi connectivity index (χ0n) is 14.8. The van der Waals surface area contributed by atoms with E-state index in [9.17, 15) is 0 Å². The maximum absolute atomic E-state index is 5.72. The molecule has 1 aromatic rings. The lowest BCUT2D eigenvalue weighted by atomic mass is 10.1. The van der Waals surface area contributed by atoms with Gasteiger partial charge in [-0.15, -0.1) is 11.3 Å². The van der Waals surface area contributed by atoms with Crippen molar-refractivity contribution in [2.75, 3.05) is 39.5 Å². The normalized spacial score (nSPS) is 18.1. The Morgan fingerprint density at radius 2 is 2.38 bits per heavy atom. The second-order valence-corrected chi connectivity index (χ2v) is 7.05. The zero-order chi connectivity index (χ0) is 17.0. The summed E-state index contributed by atoms with van der Waals surface area (Å²) in [6, 6.07) is 0. The first kappa shape index (κ1) is 19.1. The summed E-state index contributed by atoms with van der Waals surface area (Å²) in [5, 5.41) is 7.68. The summed E-state index contributed by atoms with van der Waals surface area (Å²) < 4.78 is 11.1. The Morgan fingerprint density at radius 1 is 1.46 bits per heavy atom. The van der Waals surface area contributed by atoms with Crippen LogP contribution in [0.2, 0.25) is 0 Å². The molecule has 1 unspecified atom stereocenters. The summed E-state index contributed by atoms with van der Waals surface area (Å²) >= 11 is 1.74. The lowest BCUT2D eigenvalue weighted by Crippen LogP contribution is -2.38. The lowest BCUT2D eigenvalue weighted by Gasteiger charge is -2.12. The van der Waals surface area contributed by atoms with Gasteiger partial charge in [0.1, 0.15) is 5.01 Å². The van der Waals surface area contributed by atoms with Crippen LogP contribution in [0.1, 0.15) is 36.6 Å². The van der Waals surface area contributed by atoms with Crippen molar-refractivity contribution in [1.82, 2.24) is 15.6 Å². The number of ether oxygens (including phenoxy) is 2. The largest absolute Gasteiger partial charge is 0.381 e. The van der Waals surface area contributed by atoms with Crippen LogP contribution in [0, 0.1) is 5.92 Å². The number of nitrogens with one attached hydrogen (secondary N) is 2. The van der Waals surface area contributed by atoms with Crippen molar-refractivity contribution in [3.63, 3.8) is 0 Å². The van der Waals surface area contributed by atoms with Crippen molar-refractivity contribution in [3.8, 4) is 0 Å². The number of hydrogen-bond acceptors (Lipinski definition) is 5. The van der Waals surface area contributed by atoms with Gasteiger partial charge in [0.25, 0.3) is 0 Å². The van der Waals surface area contributed by atoms with Crippen molar-refractivity contribution < 1.29 is 9.47 Å². The van der Waals surface area contributed by atoms with Crippen LogP contribution < -0.4 is 10.6 Å². The fourth-order valence-corrected chi connectivity index (χ4v) is 3.21. The molecule has 2 heterocycles. The molecule has 1 fully saturated rings. The highest BCUT2D eigenvalue weighted by molar-refractivity contribution is 7.11. The molecule has 1 saturated heterocycles. The first-order valence-corrected chi connectivity index (χ1v) is 9.74. The van der Waals surface area contributed by atoms with Crippen molar-refractivity contribution in [1.29, 1.82) is 0 Å². The fraction of sp³-hybridized carbons (Fsp3) is 0.765. The predicted molar refractivity (Wildman–Crippen MR) is 98.7 cm³/mol. The standard InChI is InChI=1S/C17H30N4O2S/c1-3-15-10-20-16(24-15)11-21-17(18-4-2)19-7-5-8-22-12-14-6-9-23-13-14/h10,14H,3-9,11-13H2,1-2H3,(H2,18,19,21). The Kier molecular flexibility index (Phi) is 9.09. The quantitative estimate of drug-likeness (QED) is 0.383. The van der Waals surface area contributed by atoms with E-state index in [0.717, 1.165) is 69.7 Å². The minimum atomic E-state index is 0.586. The van der Waals surface area contributed by atoms with Crippen LogP contribution >= 0.6 is 11.3 Å². The van der Waals surface area contributed by atoms with Gasteiger partial charge in [0.05, 0.1) is 19.8 Å². The van der Waals surface area contributed by atoms with E-state index in [1.54, 1.807) is 11.3 Å². The molecule has 6 nitrogen and oxygen atoms in total. The molecule has 0 saturated carbocycles. The molecule has 1 aliphatic heterocycles. The highest BCUT2D eigenvalue weighted by Crippen LogP contribution is 2.14. The molecular weight excluding hydrogens is 324 g/mol. The van der Waals surface area contributed by atoms with Crippen molar-refractivity contribution >= 4 is 17.3 Å². The number of aryl methyl sites for hydroxylation is 1. The minimum absolute atomic E-state index is 0.586. The van der Waals surface area contributed by atoms with Crippen LogP contribution in [0.15, 0.2) is 11.2 Å². The van der Waals surface area contributed by atoms with Crippen LogP contribution in [0.5, 0.6) is 0 Å². The number of thiazole rings is 1. The van der Waals surface area contributed by atoms with E-state index < -0.39 is 0 Å². The molecule has 24 heavy (non-hydrogen) atoms. The summed E-state index contributed by atoms with van der Waals surface area (Å²) in [6.07, 6.45) is 5.08. The zero-order valence-corrected chi connectivity index (χ0v) is 15.7. The number of aliphatic imine (C=N–C) groups is 1. The molecule has 2 rings (SSSR count). The average Bonchev–Trinajstić information content (AvgIpc) is 3.27. The monoisotopic (exact) mass is 354 g/mol. The molecule has 0 radical (unpaired) electrons. The number of nitrogens with zero attached hydrogens (tertiary/aromatic N) is 2. The molecule has 0 aromatic carbocycles. The van der Waals surface area contributed by atoms with Gasteiger partial charge < -0.3 is 20.1 Å². The molecule has 1 aromatic heterocycles. The number of aromatic nitrogens is 1. The van der Waals surface area contributed by atoms with Crippen molar-refractivity contribution in [3.05, 3.63) is 16.1 Å². The smallest absolute Gasteiger partial charge is 0.191 e. The van der Waals surface area contributed by atoms with E-state index in [-0.39, 0.29) is 0 Å². The Labute approximate surface area is 149 Å². The molecule has 0 aliphatic carbocycles. The van der Waals surface area contributed by atoms with Crippen LogP contribution in [0.3, 0.4) is 0 Å². The third kappa shape index (κ3) is 7.15. The van der Waals surface area contributed by atoms with Crippen LogP contribution in [-0.2, 0) is 22.4 Å². The molecule has 7 heteroatoms. The molecule has 0 spiro atoms. The Hall–Kier alpha value is -1.18. The van der Waals surface area contributed by atoms with Gasteiger partial charge in [-0.1, -0.05) is 6.92 Å². The molecule has 136 valence electrons. The van der Waals surface area contributed by atoms with Gasteiger partial charge in [-0.25, -0.2) is 9.98 Å². The highest BCUT2D eigenvalue weighted by atomic mass is 32.1. The molecule has 2 N–H and O–H groups in total. The topological polar surface area (TPSA) is 67.8 Å². The average molecular weight is 355 g/mol. The van der Waals surface area contributed by atoms with Gasteiger partial charge >= 0.3 is 0 Å².